The maximum Gasteiger partial charge on any atom is 0.324 e. The molecule has 0 amide bonds. The van der Waals surface area contributed by atoms with Crippen molar-refractivity contribution in [2.24, 2.45) is 23.7 Å². The maximum absolute atomic E-state index is 10.1. The van der Waals surface area contributed by atoms with Crippen LogP contribution in [0.2, 0.25) is 0 Å². The van der Waals surface area contributed by atoms with Crippen molar-refractivity contribution in [3.63, 3.8) is 0 Å². The van der Waals surface area contributed by atoms with E-state index in [0.717, 1.165) is 24.7 Å². The van der Waals surface area contributed by atoms with Crippen molar-refractivity contribution >= 4 is 18.5 Å². The van der Waals surface area contributed by atoms with Gasteiger partial charge in [-0.3, -0.25) is 0 Å². The van der Waals surface area contributed by atoms with E-state index >= 15 is 0 Å². The third kappa shape index (κ3) is 17.7. The predicted molar refractivity (Wildman–Crippen MR) is 113 cm³/mol. The second-order valence-corrected chi connectivity index (χ2v) is 11.4. The van der Waals surface area contributed by atoms with Crippen LogP contribution in [0.25, 0.3) is 0 Å². The maximum atomic E-state index is 10.1. The highest BCUT2D eigenvalue weighted by Crippen LogP contribution is 2.44. The van der Waals surface area contributed by atoms with E-state index in [1.165, 1.54) is 38.5 Å². The van der Waals surface area contributed by atoms with Gasteiger partial charge in [-0.2, -0.15) is 0 Å². The number of hydrogen-bond acceptors (Lipinski definition) is 3. The minimum Gasteiger partial charge on any atom is -0.324 e. The van der Waals surface area contributed by atoms with Gasteiger partial charge >= 0.3 is 6.72 Å². The first kappa shape index (κ1) is 25.5. The molecule has 0 rings (SSSR count). The summed E-state index contributed by atoms with van der Waals surface area (Å²) in [6.07, 6.45) is 9.38. The predicted octanol–water partition coefficient (Wildman–Crippen LogP) is 6.94. The molecule has 0 spiro atoms. The fraction of sp³-hybridized carbons (Fsp3) is 1.00. The molecule has 0 saturated carbocycles. The third-order valence-electron chi connectivity index (χ3n) is 4.69. The van der Waals surface area contributed by atoms with Crippen LogP contribution in [0.15, 0.2) is 0 Å². The van der Waals surface area contributed by atoms with Crippen molar-refractivity contribution in [2.45, 2.75) is 92.9 Å². The topological polar surface area (TPSA) is 38.7 Å². The highest BCUT2D eigenvalue weighted by molar-refractivity contribution is 8.07. The van der Waals surface area contributed by atoms with Gasteiger partial charge in [0.15, 0.2) is 0 Å². The Labute approximate surface area is 162 Å². The molecule has 2 unspecified atom stereocenters. The molecule has 0 fully saturated rings. The molecule has 152 valence electrons. The molecular formula is C20H43O3PS. The zero-order chi connectivity index (χ0) is 19.3. The molecule has 2 atom stereocenters. The van der Waals surface area contributed by atoms with Crippen molar-refractivity contribution in [3.8, 4) is 0 Å². The summed E-state index contributed by atoms with van der Waals surface area (Å²) < 4.78 is 11.0. The van der Waals surface area contributed by atoms with E-state index in [1.54, 1.807) is 0 Å². The first-order valence-corrected chi connectivity index (χ1v) is 12.8. The zero-order valence-electron chi connectivity index (χ0n) is 17.5. The number of rotatable bonds is 16. The van der Waals surface area contributed by atoms with Gasteiger partial charge in [-0.1, -0.05) is 80.1 Å². The lowest BCUT2D eigenvalue weighted by atomic mass is 9.98. The van der Waals surface area contributed by atoms with E-state index < -0.39 is 6.72 Å². The Balaban J connectivity index is 3.74. The summed E-state index contributed by atoms with van der Waals surface area (Å²) >= 11 is 5.11. The smallest absolute Gasteiger partial charge is 0.324 e. The minimum atomic E-state index is -3.05. The Morgan fingerprint density at radius 2 is 1.04 bits per heavy atom. The molecular weight excluding hydrogens is 351 g/mol. The highest BCUT2D eigenvalue weighted by atomic mass is 32.5. The van der Waals surface area contributed by atoms with Gasteiger partial charge in [0.2, 0.25) is 0 Å². The molecule has 25 heavy (non-hydrogen) atoms. The van der Waals surface area contributed by atoms with Crippen LogP contribution in [0, 0.1) is 23.7 Å². The van der Waals surface area contributed by atoms with Crippen LogP contribution in [-0.2, 0) is 20.9 Å². The van der Waals surface area contributed by atoms with Crippen molar-refractivity contribution in [3.05, 3.63) is 0 Å². The summed E-state index contributed by atoms with van der Waals surface area (Å²) in [4.78, 5) is 10.1. The van der Waals surface area contributed by atoms with Gasteiger partial charge in [-0.25, -0.2) is 0 Å². The average molecular weight is 395 g/mol. The molecule has 0 aromatic rings. The molecule has 0 heterocycles. The van der Waals surface area contributed by atoms with Crippen LogP contribution in [0.1, 0.15) is 92.9 Å². The van der Waals surface area contributed by atoms with Gasteiger partial charge in [-0.05, 0) is 48.3 Å². The summed E-state index contributed by atoms with van der Waals surface area (Å²) in [5, 5.41) is 0. The van der Waals surface area contributed by atoms with Gasteiger partial charge in [0, 0.05) is 0 Å². The van der Waals surface area contributed by atoms with E-state index in [2.05, 4.69) is 41.5 Å². The van der Waals surface area contributed by atoms with Crippen LogP contribution in [0.3, 0.4) is 0 Å². The first-order valence-electron chi connectivity index (χ1n) is 10.2. The van der Waals surface area contributed by atoms with Crippen molar-refractivity contribution in [1.82, 2.24) is 0 Å². The third-order valence-corrected chi connectivity index (χ3v) is 6.34. The first-order chi connectivity index (χ1) is 11.6. The van der Waals surface area contributed by atoms with Gasteiger partial charge in [0.25, 0.3) is 0 Å². The Kier molecular flexibility index (Phi) is 14.9. The summed E-state index contributed by atoms with van der Waals surface area (Å²) in [6.45, 7) is 11.5. The lowest BCUT2D eigenvalue weighted by Crippen LogP contribution is -2.05. The van der Waals surface area contributed by atoms with E-state index in [-0.39, 0.29) is 0 Å². The molecule has 0 bridgehead atoms. The molecule has 5 heteroatoms. The minimum absolute atomic E-state index is 0.501. The van der Waals surface area contributed by atoms with Gasteiger partial charge in [0.1, 0.15) is 0 Å². The molecule has 0 saturated heterocycles. The van der Waals surface area contributed by atoms with Crippen molar-refractivity contribution < 1.29 is 13.9 Å². The Morgan fingerprint density at radius 1 is 0.680 bits per heavy atom. The fourth-order valence-electron chi connectivity index (χ4n) is 2.81. The molecule has 0 aromatic heterocycles. The van der Waals surface area contributed by atoms with E-state index in [9.17, 15) is 4.89 Å². The standard InChI is InChI=1S/C20H43O3PS/c1-17(2)9-7-11-19(5)13-15-22-24(21,25)23-16-14-20(6)12-8-10-18(3)4/h17-20H,7-16H2,1-6H3,(H,21,25). The lowest BCUT2D eigenvalue weighted by molar-refractivity contribution is 0.177. The van der Waals surface area contributed by atoms with E-state index in [0.29, 0.717) is 25.0 Å². The van der Waals surface area contributed by atoms with Crippen molar-refractivity contribution in [2.75, 3.05) is 13.2 Å². The normalized spacial score (nSPS) is 17.0. The Hall–Kier alpha value is 0.530. The second kappa shape index (κ2) is 14.6. The summed E-state index contributed by atoms with van der Waals surface area (Å²) in [6, 6.07) is 0. The van der Waals surface area contributed by atoms with Crippen LogP contribution in [0.4, 0.5) is 0 Å². The molecule has 1 N–H and O–H groups in total. The Morgan fingerprint density at radius 3 is 1.36 bits per heavy atom. The number of hydrogen-bond donors (Lipinski definition) is 1. The zero-order valence-corrected chi connectivity index (χ0v) is 19.2. The largest absolute Gasteiger partial charge is 0.324 e. The monoisotopic (exact) mass is 394 g/mol. The SMILES string of the molecule is CC(C)CCCC(C)CCOP(O)(=S)OCCC(C)CCCC(C)C. The van der Waals surface area contributed by atoms with Crippen LogP contribution >= 0.6 is 6.72 Å². The van der Waals surface area contributed by atoms with E-state index in [1.807, 2.05) is 0 Å². The van der Waals surface area contributed by atoms with E-state index in [4.69, 9.17) is 20.9 Å². The summed E-state index contributed by atoms with van der Waals surface area (Å²) in [7, 11) is 0. The van der Waals surface area contributed by atoms with Crippen LogP contribution in [-0.4, -0.2) is 18.1 Å². The average Bonchev–Trinajstić information content (AvgIpc) is 2.45. The molecule has 3 nitrogen and oxygen atoms in total. The Bertz CT molecular complexity index is 331. The molecule has 0 aromatic carbocycles. The van der Waals surface area contributed by atoms with Gasteiger partial charge in [-0.15, -0.1) is 0 Å². The second-order valence-electron chi connectivity index (χ2n) is 8.57. The molecule has 0 aliphatic heterocycles. The summed E-state index contributed by atoms with van der Waals surface area (Å²) in [5.74, 6) is 2.76. The van der Waals surface area contributed by atoms with Crippen LogP contribution in [0.5, 0.6) is 0 Å². The fourth-order valence-corrected chi connectivity index (χ4v) is 4.01. The lowest BCUT2D eigenvalue weighted by Gasteiger charge is -2.19. The van der Waals surface area contributed by atoms with Crippen LogP contribution < -0.4 is 0 Å². The van der Waals surface area contributed by atoms with Crippen molar-refractivity contribution in [1.29, 1.82) is 0 Å². The summed E-state index contributed by atoms with van der Waals surface area (Å²) in [5.41, 5.74) is 0. The molecule has 0 aliphatic carbocycles. The van der Waals surface area contributed by atoms with Gasteiger partial charge < -0.3 is 13.9 Å². The molecule has 0 radical (unpaired) electrons. The highest BCUT2D eigenvalue weighted by Gasteiger charge is 2.16. The quantitative estimate of drug-likeness (QED) is 0.288. The van der Waals surface area contributed by atoms with Gasteiger partial charge in [0.05, 0.1) is 13.2 Å². The molecule has 0 aliphatic rings.